The molecule has 0 aliphatic heterocycles. The van der Waals surface area contributed by atoms with Gasteiger partial charge in [0.05, 0.1) is 29.7 Å². The van der Waals surface area contributed by atoms with Gasteiger partial charge in [0.15, 0.2) is 5.69 Å². The largest absolute Gasteiger partial charge is 0.481 e. The van der Waals surface area contributed by atoms with Crippen molar-refractivity contribution in [3.8, 4) is 5.88 Å². The van der Waals surface area contributed by atoms with E-state index in [1.165, 1.54) is 37.5 Å². The van der Waals surface area contributed by atoms with E-state index in [2.05, 4.69) is 33.8 Å². The smallest absolute Gasteiger partial charge is 0.435 e. The zero-order valence-electron chi connectivity index (χ0n) is 19.5. The van der Waals surface area contributed by atoms with Crippen LogP contribution in [0.2, 0.25) is 0 Å². The fourth-order valence-corrected chi connectivity index (χ4v) is 3.46. The second kappa shape index (κ2) is 11.5. The molecule has 2 aromatic heterocycles. The Kier molecular flexibility index (Phi) is 8.42. The summed E-state index contributed by atoms with van der Waals surface area (Å²) < 4.78 is 60.5. The highest BCUT2D eigenvalue weighted by Gasteiger charge is 2.37. The predicted octanol–water partition coefficient (Wildman–Crippen LogP) is 6.49. The summed E-state index contributed by atoms with van der Waals surface area (Å²) >= 11 is 0. The monoisotopic (exact) mass is 500 g/mol. The molecule has 0 fully saturated rings. The fourth-order valence-electron chi connectivity index (χ4n) is 3.46. The van der Waals surface area contributed by atoms with Gasteiger partial charge in [-0.05, 0) is 55.2 Å². The Hall–Kier alpha value is -4.21. The molecule has 0 radical (unpaired) electrons. The van der Waals surface area contributed by atoms with Crippen LogP contribution in [-0.4, -0.2) is 23.0 Å². The van der Waals surface area contributed by atoms with E-state index in [1.54, 1.807) is 12.1 Å². The Morgan fingerprint density at radius 2 is 1.86 bits per heavy atom. The summed E-state index contributed by atoms with van der Waals surface area (Å²) in [6, 6.07) is 7.84. The molecule has 1 aromatic carbocycles. The van der Waals surface area contributed by atoms with Crippen molar-refractivity contribution >= 4 is 23.0 Å². The molecule has 0 saturated heterocycles. The van der Waals surface area contributed by atoms with Crippen LogP contribution in [0.1, 0.15) is 33.7 Å². The minimum atomic E-state index is -4.87. The van der Waals surface area contributed by atoms with E-state index in [9.17, 15) is 22.4 Å². The van der Waals surface area contributed by atoms with Crippen molar-refractivity contribution in [1.82, 2.24) is 9.97 Å². The van der Waals surface area contributed by atoms with E-state index in [0.717, 1.165) is 12.3 Å². The summed E-state index contributed by atoms with van der Waals surface area (Å²) in [6.07, 6.45) is 0.371. The molecule has 0 aliphatic carbocycles. The van der Waals surface area contributed by atoms with Crippen molar-refractivity contribution in [3.05, 3.63) is 96.2 Å². The fraction of sp³-hybridized carbons (Fsp3) is 0.192. The molecule has 0 aliphatic rings. The molecule has 0 unspecified atom stereocenters. The predicted molar refractivity (Wildman–Crippen MR) is 130 cm³/mol. The number of hydrogen-bond donors (Lipinski definition) is 2. The van der Waals surface area contributed by atoms with Gasteiger partial charge in [0, 0.05) is 18.0 Å². The summed E-state index contributed by atoms with van der Waals surface area (Å²) in [6.45, 7) is 7.27. The Morgan fingerprint density at radius 1 is 1.11 bits per heavy atom. The first-order valence-electron chi connectivity index (χ1n) is 10.9. The molecule has 1 amide bonds. The molecular formula is C26H24F4N4O2. The second-order valence-corrected chi connectivity index (χ2v) is 7.63. The number of halogens is 4. The third-order valence-electron chi connectivity index (χ3n) is 5.15. The lowest BCUT2D eigenvalue weighted by Crippen LogP contribution is -2.20. The highest BCUT2D eigenvalue weighted by Crippen LogP contribution is 2.37. The maximum absolute atomic E-state index is 13.9. The highest BCUT2D eigenvalue weighted by atomic mass is 19.4. The van der Waals surface area contributed by atoms with Crippen molar-refractivity contribution in [2.24, 2.45) is 0 Å². The van der Waals surface area contributed by atoms with Crippen molar-refractivity contribution in [2.75, 3.05) is 17.7 Å². The van der Waals surface area contributed by atoms with Crippen LogP contribution in [0.4, 0.5) is 34.6 Å². The minimum Gasteiger partial charge on any atom is -0.481 e. The number of hydrogen-bond acceptors (Lipinski definition) is 5. The summed E-state index contributed by atoms with van der Waals surface area (Å²) in [4.78, 5) is 21.0. The van der Waals surface area contributed by atoms with Crippen LogP contribution in [-0.2, 0) is 19.0 Å². The van der Waals surface area contributed by atoms with E-state index >= 15 is 0 Å². The lowest BCUT2D eigenvalue weighted by molar-refractivity contribution is -0.140. The van der Waals surface area contributed by atoms with Gasteiger partial charge in [0.1, 0.15) is 5.82 Å². The number of amides is 1. The number of nitrogens with zero attached hydrogens (tertiary/aromatic N) is 2. The maximum Gasteiger partial charge on any atom is 0.435 e. The number of nitrogens with one attached hydrogen (secondary N) is 2. The molecular weight excluding hydrogens is 476 g/mol. The molecule has 6 nitrogen and oxygen atoms in total. The van der Waals surface area contributed by atoms with Crippen molar-refractivity contribution in [3.63, 3.8) is 0 Å². The number of rotatable bonds is 10. The van der Waals surface area contributed by atoms with Gasteiger partial charge in [0.25, 0.3) is 5.91 Å². The zero-order valence-corrected chi connectivity index (χ0v) is 19.5. The second-order valence-electron chi connectivity index (χ2n) is 7.63. The summed E-state index contributed by atoms with van der Waals surface area (Å²) in [5, 5.41) is 5.29. The Morgan fingerprint density at radius 3 is 2.53 bits per heavy atom. The van der Waals surface area contributed by atoms with Crippen LogP contribution < -0.4 is 15.4 Å². The first-order valence-corrected chi connectivity index (χ1v) is 10.9. The first-order chi connectivity index (χ1) is 17.2. The zero-order chi connectivity index (χ0) is 26.3. The molecule has 36 heavy (non-hydrogen) atoms. The number of pyridine rings is 2. The van der Waals surface area contributed by atoms with Gasteiger partial charge >= 0.3 is 6.18 Å². The van der Waals surface area contributed by atoms with Gasteiger partial charge in [-0.15, -0.1) is 13.2 Å². The molecule has 2 N–H and O–H groups in total. The van der Waals surface area contributed by atoms with Crippen LogP contribution in [0.25, 0.3) is 0 Å². The number of aromatic nitrogens is 2. The first kappa shape index (κ1) is 26.4. The normalized spacial score (nSPS) is 11.0. The molecule has 0 spiro atoms. The topological polar surface area (TPSA) is 76.1 Å². The minimum absolute atomic E-state index is 0.182. The van der Waals surface area contributed by atoms with Crippen LogP contribution in [0.5, 0.6) is 5.88 Å². The number of allylic oxidation sites excluding steroid dienone is 2. The summed E-state index contributed by atoms with van der Waals surface area (Å²) in [5.41, 5.74) is -0.822. The SMILES string of the molecule is C=CCCc1nc(OC)ccc1NC(=O)c1ccnc(C(F)(F)F)c1Nc1ccc(F)cc1CC=C. The number of ether oxygens (including phenoxy) is 1. The van der Waals surface area contributed by atoms with Crippen LogP contribution in [0.15, 0.2) is 67.9 Å². The van der Waals surface area contributed by atoms with Crippen molar-refractivity contribution in [2.45, 2.75) is 25.4 Å². The average molecular weight is 500 g/mol. The van der Waals surface area contributed by atoms with Crippen LogP contribution in [0.3, 0.4) is 0 Å². The van der Waals surface area contributed by atoms with Crippen LogP contribution in [0, 0.1) is 5.82 Å². The summed E-state index contributed by atoms with van der Waals surface area (Å²) in [7, 11) is 1.45. The maximum atomic E-state index is 13.9. The molecule has 3 aromatic rings. The van der Waals surface area contributed by atoms with Gasteiger partial charge in [-0.25, -0.2) is 14.4 Å². The standard InChI is InChI=1S/C26H24F4N4O2/c1-4-6-8-20-21(11-12-22(32-20)36-3)34-25(35)18-13-14-31-24(26(28,29)30)23(18)33-19-10-9-17(27)15-16(19)7-5-2/h4-5,9-15,33H,1-2,6-8H2,3H3,(H,34,35). The number of aryl methyl sites for hydroxylation is 1. The molecule has 2 heterocycles. The third-order valence-corrected chi connectivity index (χ3v) is 5.15. The van der Waals surface area contributed by atoms with Gasteiger partial charge < -0.3 is 15.4 Å². The molecule has 10 heteroatoms. The lowest BCUT2D eigenvalue weighted by Gasteiger charge is -2.19. The van der Waals surface area contributed by atoms with Crippen molar-refractivity contribution < 1.29 is 27.1 Å². The Labute approximate surface area is 205 Å². The summed E-state index contributed by atoms with van der Waals surface area (Å²) in [5.74, 6) is -1.05. The highest BCUT2D eigenvalue weighted by molar-refractivity contribution is 6.09. The number of anilines is 3. The molecule has 3 rings (SSSR count). The van der Waals surface area contributed by atoms with Gasteiger partial charge in [-0.2, -0.15) is 13.2 Å². The molecule has 0 saturated carbocycles. The van der Waals surface area contributed by atoms with Crippen molar-refractivity contribution in [1.29, 1.82) is 0 Å². The number of carbonyl (C=O) groups excluding carboxylic acids is 1. The molecule has 188 valence electrons. The van der Waals surface area contributed by atoms with Gasteiger partial charge in [-0.1, -0.05) is 12.2 Å². The molecule has 0 bridgehead atoms. The average Bonchev–Trinajstić information content (AvgIpc) is 2.84. The van der Waals surface area contributed by atoms with E-state index < -0.39 is 29.3 Å². The quantitative estimate of drug-likeness (QED) is 0.246. The molecule has 0 atom stereocenters. The van der Waals surface area contributed by atoms with Gasteiger partial charge in [0.2, 0.25) is 5.88 Å². The Bertz CT molecular complexity index is 1280. The van der Waals surface area contributed by atoms with Gasteiger partial charge in [-0.3, -0.25) is 4.79 Å². The third kappa shape index (κ3) is 6.26. The van der Waals surface area contributed by atoms with E-state index in [0.29, 0.717) is 35.7 Å². The van der Waals surface area contributed by atoms with E-state index in [1.807, 2.05) is 0 Å². The number of alkyl halides is 3. The lowest BCUT2D eigenvalue weighted by atomic mass is 10.1. The van der Waals surface area contributed by atoms with Crippen LogP contribution >= 0.6 is 0 Å². The van der Waals surface area contributed by atoms with E-state index in [-0.39, 0.29) is 17.7 Å². The number of benzene rings is 1. The number of carbonyl (C=O) groups is 1. The number of methoxy groups -OCH3 is 1. The Balaban J connectivity index is 2.06. The van der Waals surface area contributed by atoms with E-state index in [4.69, 9.17) is 4.74 Å².